The van der Waals surface area contributed by atoms with Crippen molar-refractivity contribution in [3.05, 3.63) is 47.5 Å². The number of aryl methyl sites for hydroxylation is 2. The molecule has 12 heavy (non-hydrogen) atoms. The van der Waals surface area contributed by atoms with Gasteiger partial charge < -0.3 is 0 Å². The van der Waals surface area contributed by atoms with Crippen LogP contribution in [0, 0.1) is 13.8 Å². The molecule has 0 heterocycles. The van der Waals surface area contributed by atoms with Crippen LogP contribution in [0.3, 0.4) is 0 Å². The van der Waals surface area contributed by atoms with Gasteiger partial charge in [-0.2, -0.15) is 0 Å². The van der Waals surface area contributed by atoms with Crippen molar-refractivity contribution < 1.29 is 0 Å². The van der Waals surface area contributed by atoms with Gasteiger partial charge in [-0.15, -0.1) is 0 Å². The van der Waals surface area contributed by atoms with Crippen molar-refractivity contribution in [2.45, 2.75) is 13.8 Å². The van der Waals surface area contributed by atoms with E-state index in [1.54, 1.807) is 0 Å². The van der Waals surface area contributed by atoms with E-state index in [4.69, 9.17) is 0 Å². The summed E-state index contributed by atoms with van der Waals surface area (Å²) in [4.78, 5) is 0. The molecule has 0 atom stereocenters. The molecular formula is C12H12. The van der Waals surface area contributed by atoms with E-state index in [-0.39, 0.29) is 0 Å². The van der Waals surface area contributed by atoms with Crippen LogP contribution in [-0.2, 0) is 0 Å². The first-order valence-corrected chi connectivity index (χ1v) is 4.23. The van der Waals surface area contributed by atoms with Crippen LogP contribution in [0.5, 0.6) is 0 Å². The minimum absolute atomic E-state index is 1.32. The molecule has 0 amide bonds. The second-order valence-electron chi connectivity index (χ2n) is 3.36. The van der Waals surface area contributed by atoms with Crippen LogP contribution >= 0.6 is 0 Å². The fraction of sp³-hybridized carbons (Fsp3) is 0.167. The molecule has 0 aliphatic heterocycles. The highest BCUT2D eigenvalue weighted by Gasteiger charge is 2.01. The first kappa shape index (κ1) is 7.35. The van der Waals surface area contributed by atoms with E-state index in [1.807, 2.05) is 0 Å². The second-order valence-corrected chi connectivity index (χ2v) is 3.36. The molecule has 0 fully saturated rings. The predicted octanol–water partition coefficient (Wildman–Crippen LogP) is 3.41. The van der Waals surface area contributed by atoms with E-state index in [9.17, 15) is 0 Å². The van der Waals surface area contributed by atoms with Gasteiger partial charge in [0.15, 0.2) is 0 Å². The van der Waals surface area contributed by atoms with Gasteiger partial charge in [0.05, 0.1) is 0 Å². The topological polar surface area (TPSA) is 0 Å². The lowest BCUT2D eigenvalue weighted by molar-refractivity contribution is 1.51. The van der Waals surface area contributed by atoms with Gasteiger partial charge in [0.2, 0.25) is 0 Å². The summed E-state index contributed by atoms with van der Waals surface area (Å²) < 4.78 is 0. The molecule has 60 valence electrons. The van der Waals surface area contributed by atoms with Crippen molar-refractivity contribution in [1.82, 2.24) is 0 Å². The number of hydrogen-bond acceptors (Lipinski definition) is 0. The standard InChI is InChI=1S/C12H12/c1-9-4-3-5-11-7-10(2)8-12(11)6-9/h3-8H,1-2H3. The highest BCUT2D eigenvalue weighted by molar-refractivity contribution is 5.68. The van der Waals surface area contributed by atoms with Crippen molar-refractivity contribution in [3.63, 3.8) is 0 Å². The van der Waals surface area contributed by atoms with Crippen molar-refractivity contribution in [1.29, 1.82) is 0 Å². The van der Waals surface area contributed by atoms with E-state index < -0.39 is 0 Å². The Balaban J connectivity index is 2.72. The average Bonchev–Trinajstić information content (AvgIpc) is 2.23. The molecule has 2 rings (SSSR count). The zero-order chi connectivity index (χ0) is 8.55. The van der Waals surface area contributed by atoms with Gasteiger partial charge >= 0.3 is 0 Å². The normalized spacial score (nSPS) is 10.5. The monoisotopic (exact) mass is 156 g/mol. The zero-order valence-corrected chi connectivity index (χ0v) is 7.46. The van der Waals surface area contributed by atoms with Crippen molar-refractivity contribution in [2.24, 2.45) is 0 Å². The second kappa shape index (κ2) is 2.63. The number of hydrogen-bond donors (Lipinski definition) is 0. The Labute approximate surface area is 73.2 Å². The summed E-state index contributed by atoms with van der Waals surface area (Å²) >= 11 is 0. The van der Waals surface area contributed by atoms with Crippen LogP contribution in [0.4, 0.5) is 0 Å². The minimum atomic E-state index is 1.32. The largest absolute Gasteiger partial charge is 0.0614 e. The maximum absolute atomic E-state index is 2.22. The molecule has 0 heteroatoms. The molecule has 0 aromatic rings. The summed E-state index contributed by atoms with van der Waals surface area (Å²) in [6.07, 6.45) is 0. The van der Waals surface area contributed by atoms with Crippen LogP contribution in [0.1, 0.15) is 11.1 Å². The van der Waals surface area contributed by atoms with E-state index in [2.05, 4.69) is 50.2 Å². The van der Waals surface area contributed by atoms with Crippen LogP contribution < -0.4 is 0 Å². The Morgan fingerprint density at radius 2 is 1.42 bits per heavy atom. The molecule has 2 aliphatic rings. The number of rotatable bonds is 0. The Morgan fingerprint density at radius 3 is 2.25 bits per heavy atom. The number of fused-ring (bicyclic) bond motifs is 1. The molecule has 0 radical (unpaired) electrons. The highest BCUT2D eigenvalue weighted by atomic mass is 14.1. The van der Waals surface area contributed by atoms with Gasteiger partial charge in [-0.25, -0.2) is 0 Å². The van der Waals surface area contributed by atoms with Gasteiger partial charge in [0, 0.05) is 0 Å². The quantitative estimate of drug-likeness (QED) is 0.548. The maximum Gasteiger partial charge on any atom is -0.0179 e. The summed E-state index contributed by atoms with van der Waals surface area (Å²) in [6, 6.07) is 13.1. The summed E-state index contributed by atoms with van der Waals surface area (Å²) in [7, 11) is 0. The molecule has 2 aliphatic carbocycles. The summed E-state index contributed by atoms with van der Waals surface area (Å²) in [5, 5.41) is 0. The van der Waals surface area contributed by atoms with Crippen LogP contribution in [0.25, 0.3) is 11.1 Å². The molecule has 0 saturated carbocycles. The molecular weight excluding hydrogens is 144 g/mol. The fourth-order valence-corrected chi connectivity index (χ4v) is 1.57. The van der Waals surface area contributed by atoms with Crippen LogP contribution in [0.15, 0.2) is 36.4 Å². The lowest BCUT2D eigenvalue weighted by Gasteiger charge is -1.88. The molecule has 0 bridgehead atoms. The smallest absolute Gasteiger partial charge is 0.0179 e. The first-order chi connectivity index (χ1) is 5.75. The molecule has 0 unspecified atom stereocenters. The van der Waals surface area contributed by atoms with Crippen molar-refractivity contribution in [2.75, 3.05) is 0 Å². The Bertz CT molecular complexity index is 374. The van der Waals surface area contributed by atoms with E-state index in [0.29, 0.717) is 0 Å². The van der Waals surface area contributed by atoms with Gasteiger partial charge in [-0.3, -0.25) is 0 Å². The summed E-state index contributed by atoms with van der Waals surface area (Å²) in [5.74, 6) is 0. The third-order valence-electron chi connectivity index (χ3n) is 2.12. The fourth-order valence-electron chi connectivity index (χ4n) is 1.57. The van der Waals surface area contributed by atoms with Crippen molar-refractivity contribution in [3.8, 4) is 11.1 Å². The Kier molecular flexibility index (Phi) is 1.61. The van der Waals surface area contributed by atoms with Gasteiger partial charge in [-0.05, 0) is 30.5 Å². The third-order valence-corrected chi connectivity index (χ3v) is 2.12. The van der Waals surface area contributed by atoms with E-state index in [1.165, 1.54) is 22.3 Å². The lowest BCUT2D eigenvalue weighted by atomic mass is 10.2. The van der Waals surface area contributed by atoms with Gasteiger partial charge in [0.25, 0.3) is 0 Å². The molecule has 0 N–H and O–H groups in total. The minimum Gasteiger partial charge on any atom is -0.0614 e. The predicted molar refractivity (Wildman–Crippen MR) is 52.5 cm³/mol. The molecule has 0 spiro atoms. The molecule has 0 aromatic carbocycles. The Morgan fingerprint density at radius 1 is 0.750 bits per heavy atom. The third kappa shape index (κ3) is 1.20. The maximum atomic E-state index is 2.22. The van der Waals surface area contributed by atoms with Crippen LogP contribution in [0.2, 0.25) is 0 Å². The molecule has 0 nitrogen and oxygen atoms in total. The summed E-state index contributed by atoms with van der Waals surface area (Å²) in [5.41, 5.74) is 5.34. The zero-order valence-electron chi connectivity index (χ0n) is 7.46. The first-order valence-electron chi connectivity index (χ1n) is 4.23. The molecule has 0 saturated heterocycles. The molecule has 0 aromatic heterocycles. The van der Waals surface area contributed by atoms with E-state index >= 15 is 0 Å². The van der Waals surface area contributed by atoms with Gasteiger partial charge in [0.1, 0.15) is 0 Å². The lowest BCUT2D eigenvalue weighted by Crippen LogP contribution is -1.64. The SMILES string of the molecule is Cc1cccc2cc(C)cc-2c1. The van der Waals surface area contributed by atoms with Crippen molar-refractivity contribution >= 4 is 0 Å². The summed E-state index contributed by atoms with van der Waals surface area (Å²) in [6.45, 7) is 4.26. The highest BCUT2D eigenvalue weighted by Crippen LogP contribution is 2.24. The van der Waals surface area contributed by atoms with Crippen LogP contribution in [-0.4, -0.2) is 0 Å². The Hall–Kier alpha value is -1.30. The van der Waals surface area contributed by atoms with Gasteiger partial charge in [-0.1, -0.05) is 42.0 Å². The average molecular weight is 156 g/mol. The van der Waals surface area contributed by atoms with E-state index in [0.717, 1.165) is 0 Å².